The minimum Gasteiger partial charge on any atom is -0.394 e. The zero-order valence-electron chi connectivity index (χ0n) is 15.5. The van der Waals surface area contributed by atoms with E-state index in [1.165, 1.54) is 10.8 Å². The van der Waals surface area contributed by atoms with Crippen molar-refractivity contribution in [1.82, 2.24) is 9.55 Å². The van der Waals surface area contributed by atoms with Crippen LogP contribution in [-0.2, 0) is 4.74 Å². The first kappa shape index (κ1) is 19.7. The molecule has 3 atom stereocenters. The molecule has 4 rings (SSSR count). The lowest BCUT2D eigenvalue weighted by molar-refractivity contribution is -0.0458. The minimum absolute atomic E-state index is 0.158. The zero-order valence-corrected chi connectivity index (χ0v) is 16.4. The molecule has 0 unspecified atom stereocenters. The summed E-state index contributed by atoms with van der Waals surface area (Å²) < 4.78 is 6.93. The Balaban J connectivity index is 1.84. The molecule has 1 aliphatic rings. The largest absolute Gasteiger partial charge is 0.394 e. The summed E-state index contributed by atoms with van der Waals surface area (Å²) in [5.74, 6) is 0. The van der Waals surface area contributed by atoms with Gasteiger partial charge < -0.3 is 14.9 Å². The van der Waals surface area contributed by atoms with E-state index < -0.39 is 37.6 Å². The molecule has 1 aliphatic heterocycles. The first-order chi connectivity index (χ1) is 14.1. The predicted molar refractivity (Wildman–Crippen MR) is 112 cm³/mol. The quantitative estimate of drug-likeness (QED) is 0.509. The Morgan fingerprint density at radius 2 is 1.62 bits per heavy atom. The third-order valence-electron chi connectivity index (χ3n) is 4.91. The van der Waals surface area contributed by atoms with Crippen molar-refractivity contribution in [2.24, 2.45) is 0 Å². The normalized spacial score (nSPS) is 21.6. The Bertz CT molecular complexity index is 1040. The van der Waals surface area contributed by atoms with Gasteiger partial charge in [0.05, 0.1) is 18.0 Å². The Morgan fingerprint density at radius 1 is 1.03 bits per heavy atom. The van der Waals surface area contributed by atoms with Crippen LogP contribution in [0.4, 0.5) is 0 Å². The van der Waals surface area contributed by atoms with Crippen LogP contribution >= 0.6 is 7.92 Å². The third kappa shape index (κ3) is 3.95. The first-order valence-electron chi connectivity index (χ1n) is 9.28. The maximum absolute atomic E-state index is 12.8. The number of hydrogen-bond acceptors (Lipinski definition) is 5. The number of ether oxygens (including phenoxy) is 1. The van der Waals surface area contributed by atoms with Gasteiger partial charge in [-0.25, -0.2) is 4.79 Å². The second kappa shape index (κ2) is 8.43. The standard InChI is InChI=1S/C21H21N2O5P/c24-13-17-16(25)11-19(28-17)23-12-18(20(26)22-21(23)27)29(14-7-3-1-4-8-14)15-9-5-2-6-10-15/h1-10,12,16-17,19,24-25H,11,13H2,(H,22,26,27)/t16-,17+,19+/m0/s1. The molecule has 2 aromatic carbocycles. The van der Waals surface area contributed by atoms with Crippen molar-refractivity contribution in [3.05, 3.63) is 87.7 Å². The zero-order chi connectivity index (χ0) is 20.4. The molecule has 7 nitrogen and oxygen atoms in total. The number of benzene rings is 2. The van der Waals surface area contributed by atoms with Crippen LogP contribution in [-0.4, -0.2) is 38.6 Å². The van der Waals surface area contributed by atoms with Crippen LogP contribution in [0.25, 0.3) is 0 Å². The molecule has 0 amide bonds. The van der Waals surface area contributed by atoms with Gasteiger partial charge in [0.25, 0.3) is 5.56 Å². The summed E-state index contributed by atoms with van der Waals surface area (Å²) in [5.41, 5.74) is -1.05. The van der Waals surface area contributed by atoms with E-state index in [1.807, 2.05) is 60.7 Å². The van der Waals surface area contributed by atoms with E-state index in [0.717, 1.165) is 10.6 Å². The molecule has 0 radical (unpaired) electrons. The van der Waals surface area contributed by atoms with Crippen molar-refractivity contribution in [2.75, 3.05) is 6.61 Å². The van der Waals surface area contributed by atoms with Gasteiger partial charge >= 0.3 is 5.69 Å². The molecule has 3 N–H and O–H groups in total. The summed E-state index contributed by atoms with van der Waals surface area (Å²) in [5, 5.41) is 21.8. The average Bonchev–Trinajstić information content (AvgIpc) is 3.12. The van der Waals surface area contributed by atoms with Crippen molar-refractivity contribution in [3.8, 4) is 0 Å². The monoisotopic (exact) mass is 412 g/mol. The van der Waals surface area contributed by atoms with E-state index in [0.29, 0.717) is 5.30 Å². The van der Waals surface area contributed by atoms with Crippen molar-refractivity contribution in [3.63, 3.8) is 0 Å². The predicted octanol–water partition coefficient (Wildman–Crippen LogP) is -0.0645. The van der Waals surface area contributed by atoms with Gasteiger partial charge in [0.1, 0.15) is 12.3 Å². The Morgan fingerprint density at radius 3 is 2.14 bits per heavy atom. The molecular formula is C21H21N2O5P. The molecule has 29 heavy (non-hydrogen) atoms. The summed E-state index contributed by atoms with van der Waals surface area (Å²) in [6.07, 6.45) is -0.701. The Kier molecular flexibility index (Phi) is 5.74. The number of rotatable bonds is 5. The fraction of sp³-hybridized carbons (Fsp3) is 0.238. The fourth-order valence-corrected chi connectivity index (χ4v) is 5.77. The van der Waals surface area contributed by atoms with Gasteiger partial charge in [-0.3, -0.25) is 14.3 Å². The topological polar surface area (TPSA) is 105 Å². The number of aromatic nitrogens is 2. The second-order valence-corrected chi connectivity index (χ2v) is 8.99. The van der Waals surface area contributed by atoms with Crippen LogP contribution in [0.3, 0.4) is 0 Å². The average molecular weight is 412 g/mol. The van der Waals surface area contributed by atoms with E-state index >= 15 is 0 Å². The second-order valence-electron chi connectivity index (χ2n) is 6.80. The van der Waals surface area contributed by atoms with E-state index in [-0.39, 0.29) is 13.0 Å². The number of nitrogens with zero attached hydrogens (tertiary/aromatic N) is 1. The molecule has 3 aromatic rings. The van der Waals surface area contributed by atoms with Crippen molar-refractivity contribution in [1.29, 1.82) is 0 Å². The summed E-state index contributed by atoms with van der Waals surface area (Å²) >= 11 is 0. The van der Waals surface area contributed by atoms with Crippen molar-refractivity contribution < 1.29 is 14.9 Å². The lowest BCUT2D eigenvalue weighted by Crippen LogP contribution is -2.42. The molecule has 8 heteroatoms. The molecule has 1 saturated heterocycles. The molecule has 0 spiro atoms. The number of aliphatic hydroxyl groups excluding tert-OH is 2. The van der Waals surface area contributed by atoms with E-state index in [9.17, 15) is 19.8 Å². The number of hydrogen-bond donors (Lipinski definition) is 3. The van der Waals surface area contributed by atoms with Crippen LogP contribution in [0.5, 0.6) is 0 Å². The minimum atomic E-state index is -1.21. The summed E-state index contributed by atoms with van der Waals surface area (Å²) in [4.78, 5) is 27.7. The molecule has 0 aliphatic carbocycles. The summed E-state index contributed by atoms with van der Waals surface area (Å²) in [7, 11) is -1.21. The van der Waals surface area contributed by atoms with E-state index in [2.05, 4.69) is 4.98 Å². The SMILES string of the molecule is O=c1[nH]c(=O)n([C@H]2C[C@H](O)[C@@H](CO)O2)cc1P(c1ccccc1)c1ccccc1. The molecule has 1 fully saturated rings. The smallest absolute Gasteiger partial charge is 0.330 e. The lowest BCUT2D eigenvalue weighted by atomic mass is 10.2. The number of aromatic amines is 1. The van der Waals surface area contributed by atoms with Gasteiger partial charge in [0, 0.05) is 12.6 Å². The van der Waals surface area contributed by atoms with Crippen LogP contribution in [0.1, 0.15) is 12.6 Å². The molecule has 2 heterocycles. The van der Waals surface area contributed by atoms with E-state index in [1.54, 1.807) is 0 Å². The molecule has 150 valence electrons. The van der Waals surface area contributed by atoms with Crippen LogP contribution in [0.15, 0.2) is 76.4 Å². The van der Waals surface area contributed by atoms with Gasteiger partial charge in [0.15, 0.2) is 0 Å². The molecule has 0 bridgehead atoms. The van der Waals surface area contributed by atoms with Crippen molar-refractivity contribution in [2.45, 2.75) is 24.9 Å². The molecule has 1 aromatic heterocycles. The maximum atomic E-state index is 12.8. The van der Waals surface area contributed by atoms with Gasteiger partial charge in [-0.1, -0.05) is 60.7 Å². The highest BCUT2D eigenvalue weighted by Crippen LogP contribution is 2.32. The molecule has 0 saturated carbocycles. The van der Waals surface area contributed by atoms with Gasteiger partial charge in [0.2, 0.25) is 0 Å². The van der Waals surface area contributed by atoms with Crippen molar-refractivity contribution >= 4 is 23.8 Å². The highest BCUT2D eigenvalue weighted by atomic mass is 31.1. The summed E-state index contributed by atoms with van der Waals surface area (Å²) in [6.45, 7) is -0.344. The highest BCUT2D eigenvalue weighted by molar-refractivity contribution is 7.79. The Hall–Kier alpha value is -2.57. The number of H-pyrrole nitrogens is 1. The van der Waals surface area contributed by atoms with Gasteiger partial charge in [-0.2, -0.15) is 0 Å². The van der Waals surface area contributed by atoms with Crippen LogP contribution < -0.4 is 27.2 Å². The maximum Gasteiger partial charge on any atom is 0.330 e. The Labute approximate surface area is 168 Å². The van der Waals surface area contributed by atoms with Crippen LogP contribution in [0, 0.1) is 0 Å². The first-order valence-corrected chi connectivity index (χ1v) is 10.6. The lowest BCUT2D eigenvalue weighted by Gasteiger charge is -2.21. The number of nitrogens with one attached hydrogen (secondary N) is 1. The highest BCUT2D eigenvalue weighted by Gasteiger charge is 2.35. The van der Waals surface area contributed by atoms with Gasteiger partial charge in [-0.05, 0) is 18.5 Å². The molecular weight excluding hydrogens is 391 g/mol. The van der Waals surface area contributed by atoms with E-state index in [4.69, 9.17) is 4.74 Å². The fourth-order valence-electron chi connectivity index (χ4n) is 3.48. The van der Waals surface area contributed by atoms with Crippen LogP contribution in [0.2, 0.25) is 0 Å². The van der Waals surface area contributed by atoms with Gasteiger partial charge in [-0.15, -0.1) is 0 Å². The number of aliphatic hydroxyl groups is 2. The summed E-state index contributed by atoms with van der Waals surface area (Å²) in [6, 6.07) is 19.3. The third-order valence-corrected chi connectivity index (χ3v) is 7.34.